The number of aryl methyl sites for hydroxylation is 1. The molecule has 3 rings (SSSR count). The summed E-state index contributed by atoms with van der Waals surface area (Å²) in [5.41, 5.74) is 3.18. The van der Waals surface area contributed by atoms with E-state index in [1.54, 1.807) is 6.92 Å². The van der Waals surface area contributed by atoms with Gasteiger partial charge >= 0.3 is 0 Å². The van der Waals surface area contributed by atoms with Crippen LogP contribution in [0.4, 0.5) is 0 Å². The van der Waals surface area contributed by atoms with E-state index in [0.717, 1.165) is 49.0 Å². The molecule has 0 radical (unpaired) electrons. The summed E-state index contributed by atoms with van der Waals surface area (Å²) < 4.78 is 2.08. The van der Waals surface area contributed by atoms with E-state index in [-0.39, 0.29) is 5.91 Å². The molecule has 0 spiro atoms. The number of nitrogens with one attached hydrogen (secondary N) is 1. The predicted molar refractivity (Wildman–Crippen MR) is 87.0 cm³/mol. The molecule has 1 atom stereocenters. The summed E-state index contributed by atoms with van der Waals surface area (Å²) in [4.78, 5) is 18.0. The van der Waals surface area contributed by atoms with Crippen LogP contribution >= 0.6 is 11.6 Å². The number of rotatable bonds is 4. The average Bonchev–Trinajstić information content (AvgIpc) is 3.03. The first-order valence-electron chi connectivity index (χ1n) is 7.63. The minimum Gasteiger partial charge on any atom is -0.356 e. The maximum atomic E-state index is 11.0. The maximum absolute atomic E-state index is 11.0. The zero-order valence-corrected chi connectivity index (χ0v) is 13.7. The molecule has 0 unspecified atom stereocenters. The van der Waals surface area contributed by atoms with E-state index in [2.05, 4.69) is 19.6 Å². The Hall–Kier alpha value is -1.59. The van der Waals surface area contributed by atoms with Crippen molar-refractivity contribution in [3.8, 4) is 0 Å². The Kier molecular flexibility index (Phi) is 4.36. The fourth-order valence-electron chi connectivity index (χ4n) is 3.10. The molecule has 3 heterocycles. The highest BCUT2D eigenvalue weighted by molar-refractivity contribution is 6.30. The first-order valence-corrected chi connectivity index (χ1v) is 8.00. The van der Waals surface area contributed by atoms with E-state index in [4.69, 9.17) is 11.6 Å². The van der Waals surface area contributed by atoms with Gasteiger partial charge in [-0.2, -0.15) is 0 Å². The SMILES string of the molecule is CC(=O)NC[C@H]1CCN(Cc2c(C)nc3ccc(Cl)cn23)C1. The van der Waals surface area contributed by atoms with Gasteiger partial charge in [-0.05, 0) is 37.9 Å². The number of fused-ring (bicyclic) bond motifs is 1. The van der Waals surface area contributed by atoms with Crippen LogP contribution in [0.2, 0.25) is 5.02 Å². The van der Waals surface area contributed by atoms with Gasteiger partial charge < -0.3 is 9.72 Å². The lowest BCUT2D eigenvalue weighted by Gasteiger charge is -2.16. The quantitative estimate of drug-likeness (QED) is 0.940. The third-order valence-electron chi connectivity index (χ3n) is 4.26. The fraction of sp³-hybridized carbons (Fsp3) is 0.500. The van der Waals surface area contributed by atoms with Crippen LogP contribution in [0.3, 0.4) is 0 Å². The zero-order chi connectivity index (χ0) is 15.7. The van der Waals surface area contributed by atoms with Crippen molar-refractivity contribution in [2.75, 3.05) is 19.6 Å². The Morgan fingerprint density at radius 2 is 2.32 bits per heavy atom. The average molecular weight is 321 g/mol. The molecule has 0 aromatic carbocycles. The van der Waals surface area contributed by atoms with E-state index in [1.165, 1.54) is 5.69 Å². The Balaban J connectivity index is 1.70. The largest absolute Gasteiger partial charge is 0.356 e. The summed E-state index contributed by atoms with van der Waals surface area (Å²) in [6.45, 7) is 7.30. The molecule has 1 fully saturated rings. The number of carbonyl (C=O) groups excluding carboxylic acids is 1. The van der Waals surface area contributed by atoms with E-state index in [0.29, 0.717) is 5.92 Å². The Morgan fingerprint density at radius 3 is 3.09 bits per heavy atom. The highest BCUT2D eigenvalue weighted by Gasteiger charge is 2.24. The second-order valence-corrected chi connectivity index (χ2v) is 6.48. The lowest BCUT2D eigenvalue weighted by molar-refractivity contribution is -0.119. The van der Waals surface area contributed by atoms with Crippen LogP contribution in [0.1, 0.15) is 24.7 Å². The van der Waals surface area contributed by atoms with Crippen LogP contribution in [0.5, 0.6) is 0 Å². The van der Waals surface area contributed by atoms with Crippen LogP contribution < -0.4 is 5.32 Å². The summed E-state index contributed by atoms with van der Waals surface area (Å²) in [6.07, 6.45) is 3.05. The normalized spacial score (nSPS) is 19.0. The number of hydrogen-bond donors (Lipinski definition) is 1. The van der Waals surface area contributed by atoms with Gasteiger partial charge in [0.25, 0.3) is 0 Å². The minimum atomic E-state index is 0.0470. The second kappa shape index (κ2) is 6.26. The number of aromatic nitrogens is 2. The number of likely N-dealkylation sites (tertiary alicyclic amines) is 1. The molecule has 5 nitrogen and oxygen atoms in total. The van der Waals surface area contributed by atoms with E-state index in [1.807, 2.05) is 25.3 Å². The van der Waals surface area contributed by atoms with Crippen molar-refractivity contribution < 1.29 is 4.79 Å². The van der Waals surface area contributed by atoms with Gasteiger partial charge in [-0.1, -0.05) is 11.6 Å². The molecule has 6 heteroatoms. The van der Waals surface area contributed by atoms with Crippen LogP contribution in [-0.4, -0.2) is 39.8 Å². The number of pyridine rings is 1. The molecule has 22 heavy (non-hydrogen) atoms. The molecule has 0 aliphatic carbocycles. The first kappa shape index (κ1) is 15.3. The molecule has 1 N–H and O–H groups in total. The lowest BCUT2D eigenvalue weighted by atomic mass is 10.1. The predicted octanol–water partition coefficient (Wildman–Crippen LogP) is 2.25. The highest BCUT2D eigenvalue weighted by Crippen LogP contribution is 2.22. The molecule has 1 aliphatic heterocycles. The van der Waals surface area contributed by atoms with Crippen LogP contribution in [0.15, 0.2) is 18.3 Å². The summed E-state index contributed by atoms with van der Waals surface area (Å²) in [7, 11) is 0. The Labute approximate surface area is 135 Å². The van der Waals surface area contributed by atoms with Gasteiger partial charge in [0.05, 0.1) is 16.4 Å². The van der Waals surface area contributed by atoms with Gasteiger partial charge in [0.1, 0.15) is 5.65 Å². The third-order valence-corrected chi connectivity index (χ3v) is 4.49. The molecule has 1 amide bonds. The smallest absolute Gasteiger partial charge is 0.216 e. The fourth-order valence-corrected chi connectivity index (χ4v) is 3.26. The summed E-state index contributed by atoms with van der Waals surface area (Å²) >= 11 is 6.11. The number of hydrogen-bond acceptors (Lipinski definition) is 3. The first-order chi connectivity index (χ1) is 10.5. The molecule has 118 valence electrons. The van der Waals surface area contributed by atoms with Crippen molar-refractivity contribution >= 4 is 23.2 Å². The molecular weight excluding hydrogens is 300 g/mol. The number of nitrogens with zero attached hydrogens (tertiary/aromatic N) is 3. The van der Waals surface area contributed by atoms with Crippen LogP contribution in [0.25, 0.3) is 5.65 Å². The van der Waals surface area contributed by atoms with Gasteiger partial charge in [0, 0.05) is 32.8 Å². The summed E-state index contributed by atoms with van der Waals surface area (Å²) in [5, 5.41) is 3.63. The van der Waals surface area contributed by atoms with Crippen molar-refractivity contribution in [2.45, 2.75) is 26.8 Å². The number of halogens is 1. The lowest BCUT2D eigenvalue weighted by Crippen LogP contribution is -2.29. The van der Waals surface area contributed by atoms with Crippen molar-refractivity contribution in [3.63, 3.8) is 0 Å². The maximum Gasteiger partial charge on any atom is 0.216 e. The topological polar surface area (TPSA) is 49.6 Å². The summed E-state index contributed by atoms with van der Waals surface area (Å²) in [5.74, 6) is 0.581. The monoisotopic (exact) mass is 320 g/mol. The Morgan fingerprint density at radius 1 is 1.50 bits per heavy atom. The standard InChI is InChI=1S/C16H21ClN4O/c1-11-15(21-9-14(17)3-4-16(21)19-11)10-20-6-5-13(8-20)7-18-12(2)22/h3-4,9,13H,5-8,10H2,1-2H3,(H,18,22)/t13-/m1/s1. The van der Waals surface area contributed by atoms with Crippen molar-refractivity contribution in [3.05, 3.63) is 34.7 Å². The third kappa shape index (κ3) is 3.25. The van der Waals surface area contributed by atoms with Gasteiger partial charge in [-0.3, -0.25) is 9.69 Å². The van der Waals surface area contributed by atoms with E-state index < -0.39 is 0 Å². The molecule has 1 aliphatic rings. The number of imidazole rings is 1. The van der Waals surface area contributed by atoms with Crippen LogP contribution in [-0.2, 0) is 11.3 Å². The van der Waals surface area contributed by atoms with Gasteiger partial charge in [-0.25, -0.2) is 4.98 Å². The molecule has 1 saturated heterocycles. The molecule has 0 bridgehead atoms. The van der Waals surface area contributed by atoms with Crippen molar-refractivity contribution in [1.82, 2.24) is 19.6 Å². The minimum absolute atomic E-state index is 0.0470. The molecule has 2 aromatic heterocycles. The van der Waals surface area contributed by atoms with Gasteiger partial charge in [0.15, 0.2) is 0 Å². The van der Waals surface area contributed by atoms with E-state index >= 15 is 0 Å². The van der Waals surface area contributed by atoms with E-state index in [9.17, 15) is 4.79 Å². The molecule has 0 saturated carbocycles. The zero-order valence-electron chi connectivity index (χ0n) is 13.0. The van der Waals surface area contributed by atoms with Crippen LogP contribution in [0, 0.1) is 12.8 Å². The number of carbonyl (C=O) groups is 1. The summed E-state index contributed by atoms with van der Waals surface area (Å²) in [6, 6.07) is 3.81. The van der Waals surface area contributed by atoms with Gasteiger partial charge in [0.2, 0.25) is 5.91 Å². The Bertz CT molecular complexity index is 697. The molecular formula is C16H21ClN4O. The number of amides is 1. The van der Waals surface area contributed by atoms with Crippen molar-refractivity contribution in [1.29, 1.82) is 0 Å². The van der Waals surface area contributed by atoms with Crippen molar-refractivity contribution in [2.24, 2.45) is 5.92 Å². The second-order valence-electron chi connectivity index (χ2n) is 6.05. The highest BCUT2D eigenvalue weighted by atomic mass is 35.5. The van der Waals surface area contributed by atoms with Gasteiger partial charge in [-0.15, -0.1) is 0 Å². The molecule has 2 aromatic rings.